The van der Waals surface area contributed by atoms with E-state index < -0.39 is 0 Å². The maximum atomic E-state index is 4.33. The Bertz CT molecular complexity index is 472. The topological polar surface area (TPSA) is 52.6 Å². The Balaban J connectivity index is 0.00000312. The first-order chi connectivity index (χ1) is 11.8. The van der Waals surface area contributed by atoms with Crippen LogP contribution >= 0.6 is 24.0 Å². The molecule has 0 aliphatic carbocycles. The predicted octanol–water partition coefficient (Wildman–Crippen LogP) is 2.92. The van der Waals surface area contributed by atoms with E-state index in [0.717, 1.165) is 37.1 Å². The quantitative estimate of drug-likeness (QED) is 0.272. The van der Waals surface area contributed by atoms with Gasteiger partial charge in [0.05, 0.1) is 0 Å². The number of aliphatic imine (C=N–C) groups is 1. The number of guanidine groups is 1. The average Bonchev–Trinajstić information content (AvgIpc) is 2.62. The zero-order valence-electron chi connectivity index (χ0n) is 15.7. The SMILES string of the molecule is CN=C(NCCCCN1CCC(C)CC1)NCCc1ccccn1.I. The maximum absolute atomic E-state index is 4.33. The number of piperidine rings is 1. The minimum absolute atomic E-state index is 0. The second-order valence-electron chi connectivity index (χ2n) is 6.73. The highest BCUT2D eigenvalue weighted by Gasteiger charge is 2.14. The largest absolute Gasteiger partial charge is 0.356 e. The summed E-state index contributed by atoms with van der Waals surface area (Å²) >= 11 is 0. The number of nitrogens with one attached hydrogen (secondary N) is 2. The molecule has 0 unspecified atom stereocenters. The van der Waals surface area contributed by atoms with Gasteiger partial charge in [-0.15, -0.1) is 24.0 Å². The molecule has 2 N–H and O–H groups in total. The fourth-order valence-electron chi connectivity index (χ4n) is 3.03. The van der Waals surface area contributed by atoms with Gasteiger partial charge in [-0.3, -0.25) is 9.98 Å². The second kappa shape index (κ2) is 13.3. The Labute approximate surface area is 170 Å². The van der Waals surface area contributed by atoms with Gasteiger partial charge in [0.1, 0.15) is 0 Å². The number of likely N-dealkylation sites (tertiary alicyclic amines) is 1. The van der Waals surface area contributed by atoms with E-state index in [2.05, 4.69) is 38.5 Å². The van der Waals surface area contributed by atoms with Crippen molar-refractivity contribution >= 4 is 29.9 Å². The Hall–Kier alpha value is -0.890. The van der Waals surface area contributed by atoms with Gasteiger partial charge in [0.25, 0.3) is 0 Å². The molecule has 1 fully saturated rings. The van der Waals surface area contributed by atoms with Crippen LogP contribution in [0.1, 0.15) is 38.3 Å². The smallest absolute Gasteiger partial charge is 0.190 e. The van der Waals surface area contributed by atoms with Gasteiger partial charge in [-0.2, -0.15) is 0 Å². The number of rotatable bonds is 8. The van der Waals surface area contributed by atoms with Crippen LogP contribution in [0.3, 0.4) is 0 Å². The van der Waals surface area contributed by atoms with E-state index in [1.165, 1.54) is 45.3 Å². The number of nitrogens with zero attached hydrogens (tertiary/aromatic N) is 3. The van der Waals surface area contributed by atoms with Crippen LogP contribution in [0.25, 0.3) is 0 Å². The number of halogens is 1. The molecule has 0 atom stereocenters. The predicted molar refractivity (Wildman–Crippen MR) is 117 cm³/mol. The van der Waals surface area contributed by atoms with E-state index in [4.69, 9.17) is 0 Å². The third-order valence-electron chi connectivity index (χ3n) is 4.69. The molecule has 1 aromatic heterocycles. The lowest BCUT2D eigenvalue weighted by atomic mass is 9.99. The van der Waals surface area contributed by atoms with E-state index >= 15 is 0 Å². The molecule has 0 saturated carbocycles. The standard InChI is InChI=1S/C19H33N5.HI/c1-17-9-15-24(16-10-17)14-6-5-12-22-19(20-2)23-13-8-18-7-3-4-11-21-18;/h3-4,7,11,17H,5-6,8-10,12-16H2,1-2H3,(H2,20,22,23);1H. The lowest BCUT2D eigenvalue weighted by Gasteiger charge is -2.30. The molecule has 0 bridgehead atoms. The fourth-order valence-corrected chi connectivity index (χ4v) is 3.03. The summed E-state index contributed by atoms with van der Waals surface area (Å²) in [7, 11) is 1.82. The Kier molecular flexibility index (Phi) is 11.8. The van der Waals surface area contributed by atoms with Crippen molar-refractivity contribution in [2.75, 3.05) is 39.8 Å². The number of hydrogen-bond acceptors (Lipinski definition) is 3. The van der Waals surface area contributed by atoms with Crippen LogP contribution in [0, 0.1) is 5.92 Å². The highest BCUT2D eigenvalue weighted by atomic mass is 127. The first-order valence-electron chi connectivity index (χ1n) is 9.34. The van der Waals surface area contributed by atoms with E-state index in [-0.39, 0.29) is 24.0 Å². The zero-order chi connectivity index (χ0) is 17.0. The lowest BCUT2D eigenvalue weighted by Crippen LogP contribution is -2.39. The highest BCUT2D eigenvalue weighted by molar-refractivity contribution is 14.0. The number of pyridine rings is 1. The highest BCUT2D eigenvalue weighted by Crippen LogP contribution is 2.15. The van der Waals surface area contributed by atoms with Gasteiger partial charge in [0.15, 0.2) is 5.96 Å². The number of aromatic nitrogens is 1. The lowest BCUT2D eigenvalue weighted by molar-refractivity contribution is 0.189. The average molecular weight is 459 g/mol. The first-order valence-corrected chi connectivity index (χ1v) is 9.34. The summed E-state index contributed by atoms with van der Waals surface area (Å²) in [5.74, 6) is 1.81. The van der Waals surface area contributed by atoms with E-state index in [1.54, 1.807) is 0 Å². The molecule has 0 aromatic carbocycles. The second-order valence-corrected chi connectivity index (χ2v) is 6.73. The molecule has 0 radical (unpaired) electrons. The molecule has 6 heteroatoms. The van der Waals surface area contributed by atoms with Gasteiger partial charge < -0.3 is 15.5 Å². The molecule has 25 heavy (non-hydrogen) atoms. The molecule has 5 nitrogen and oxygen atoms in total. The normalized spacial score (nSPS) is 16.3. The first kappa shape index (κ1) is 22.2. The molecule has 1 aromatic rings. The molecule has 0 spiro atoms. The third-order valence-corrected chi connectivity index (χ3v) is 4.69. The van der Waals surface area contributed by atoms with Crippen molar-refractivity contribution in [2.24, 2.45) is 10.9 Å². The van der Waals surface area contributed by atoms with Gasteiger partial charge in [-0.05, 0) is 63.4 Å². The number of hydrogen-bond donors (Lipinski definition) is 2. The summed E-state index contributed by atoms with van der Waals surface area (Å²) in [5, 5.41) is 6.75. The van der Waals surface area contributed by atoms with Crippen LogP contribution in [0.4, 0.5) is 0 Å². The molecule has 2 rings (SSSR count). The molecule has 1 aliphatic rings. The fraction of sp³-hybridized carbons (Fsp3) is 0.684. The Morgan fingerprint density at radius 2 is 1.96 bits per heavy atom. The monoisotopic (exact) mass is 459 g/mol. The Morgan fingerprint density at radius 3 is 2.64 bits per heavy atom. The van der Waals surface area contributed by atoms with Crippen LogP contribution in [0.15, 0.2) is 29.4 Å². The molecule has 2 heterocycles. The maximum Gasteiger partial charge on any atom is 0.190 e. The minimum Gasteiger partial charge on any atom is -0.356 e. The summed E-state index contributed by atoms with van der Waals surface area (Å²) in [4.78, 5) is 11.2. The summed E-state index contributed by atoms with van der Waals surface area (Å²) in [6.07, 6.45) is 7.93. The van der Waals surface area contributed by atoms with Crippen LogP contribution in [-0.4, -0.2) is 55.6 Å². The van der Waals surface area contributed by atoms with E-state index in [9.17, 15) is 0 Å². The summed E-state index contributed by atoms with van der Waals surface area (Å²) in [6.45, 7) is 8.00. The van der Waals surface area contributed by atoms with Crippen molar-refractivity contribution in [1.82, 2.24) is 20.5 Å². The molecular weight excluding hydrogens is 425 g/mol. The van der Waals surface area contributed by atoms with Crippen molar-refractivity contribution in [3.63, 3.8) is 0 Å². The minimum atomic E-state index is 0. The van der Waals surface area contributed by atoms with Gasteiger partial charge in [-0.1, -0.05) is 13.0 Å². The van der Waals surface area contributed by atoms with E-state index in [0.29, 0.717) is 0 Å². The molecule has 142 valence electrons. The van der Waals surface area contributed by atoms with Crippen LogP contribution < -0.4 is 10.6 Å². The van der Waals surface area contributed by atoms with Crippen molar-refractivity contribution in [2.45, 2.75) is 39.0 Å². The molecule has 1 aliphatic heterocycles. The van der Waals surface area contributed by atoms with Crippen molar-refractivity contribution in [1.29, 1.82) is 0 Å². The van der Waals surface area contributed by atoms with Gasteiger partial charge in [0, 0.05) is 38.4 Å². The van der Waals surface area contributed by atoms with Gasteiger partial charge in [0.2, 0.25) is 0 Å². The van der Waals surface area contributed by atoms with Crippen LogP contribution in [-0.2, 0) is 6.42 Å². The van der Waals surface area contributed by atoms with E-state index in [1.807, 2.05) is 25.4 Å². The van der Waals surface area contributed by atoms with Crippen molar-refractivity contribution in [3.05, 3.63) is 30.1 Å². The summed E-state index contributed by atoms with van der Waals surface area (Å²) in [6, 6.07) is 6.03. The molecule has 1 saturated heterocycles. The Morgan fingerprint density at radius 1 is 1.20 bits per heavy atom. The van der Waals surface area contributed by atoms with Crippen molar-refractivity contribution in [3.8, 4) is 0 Å². The van der Waals surface area contributed by atoms with Crippen LogP contribution in [0.2, 0.25) is 0 Å². The van der Waals surface area contributed by atoms with Gasteiger partial charge in [-0.25, -0.2) is 0 Å². The molecule has 0 amide bonds. The van der Waals surface area contributed by atoms with Gasteiger partial charge >= 0.3 is 0 Å². The molecular formula is C19H34IN5. The van der Waals surface area contributed by atoms with Crippen LogP contribution in [0.5, 0.6) is 0 Å². The third kappa shape index (κ3) is 9.39. The summed E-state index contributed by atoms with van der Waals surface area (Å²) in [5.41, 5.74) is 1.11. The zero-order valence-corrected chi connectivity index (χ0v) is 18.0. The summed E-state index contributed by atoms with van der Waals surface area (Å²) < 4.78 is 0. The van der Waals surface area contributed by atoms with Crippen molar-refractivity contribution < 1.29 is 0 Å². The number of unbranched alkanes of at least 4 members (excludes halogenated alkanes) is 1.